The smallest absolute Gasteiger partial charge is 0.222 e. The molecule has 4 rings (SSSR count). The maximum atomic E-state index is 12.5. The average molecular weight is 422 g/mol. The Kier molecular flexibility index (Phi) is 6.53. The number of pyridine rings is 1. The van der Waals surface area contributed by atoms with Crippen molar-refractivity contribution in [3.05, 3.63) is 66.1 Å². The Hall–Kier alpha value is -3.00. The summed E-state index contributed by atoms with van der Waals surface area (Å²) in [5, 5.41) is 9.26. The van der Waals surface area contributed by atoms with Crippen LogP contribution in [0, 0.1) is 0 Å². The topological polar surface area (TPSA) is 81.0 Å². The number of carbonyl (C=O) groups is 2. The minimum absolute atomic E-state index is 0.0282. The van der Waals surface area contributed by atoms with Gasteiger partial charge < -0.3 is 4.90 Å². The summed E-state index contributed by atoms with van der Waals surface area (Å²) in [4.78, 5) is 31.3. The zero-order valence-corrected chi connectivity index (χ0v) is 17.4. The van der Waals surface area contributed by atoms with E-state index in [0.717, 1.165) is 25.8 Å². The van der Waals surface area contributed by atoms with E-state index in [4.69, 9.17) is 0 Å². The van der Waals surface area contributed by atoms with Gasteiger partial charge in [0.25, 0.3) is 0 Å². The van der Waals surface area contributed by atoms with Gasteiger partial charge in [0.15, 0.2) is 16.8 Å². The number of aromatic nitrogens is 4. The van der Waals surface area contributed by atoms with Crippen LogP contribution in [0.5, 0.6) is 0 Å². The zero-order chi connectivity index (χ0) is 20.8. The molecule has 30 heavy (non-hydrogen) atoms. The number of Topliss-reactive ketones (excluding diaryl/α,β-unsaturated/α-hetero) is 1. The molecule has 0 unspecified atom stereocenters. The minimum Gasteiger partial charge on any atom is -0.335 e. The molecule has 0 radical (unpaired) electrons. The molecule has 0 bridgehead atoms. The van der Waals surface area contributed by atoms with Crippen molar-refractivity contribution in [2.45, 2.75) is 37.4 Å². The number of ketones is 1. The molecule has 1 aliphatic heterocycles. The average Bonchev–Trinajstić information content (AvgIpc) is 3.08. The molecule has 7 nitrogen and oxygen atoms in total. The lowest BCUT2D eigenvalue weighted by Crippen LogP contribution is -2.31. The van der Waals surface area contributed by atoms with Crippen LogP contribution >= 0.6 is 11.8 Å². The number of benzene rings is 1. The standard InChI is InChI=1S/C22H23N5O2S/c28-18(17-9-3-1-4-10-17)16-30-22-25-24-20(27(22)19-11-6-7-13-23-19)15-26-14-8-2-5-12-21(26)29/h1,3-4,6-7,9-11,13H,2,5,8,12,14-16H2. The third kappa shape index (κ3) is 4.76. The lowest BCUT2D eigenvalue weighted by molar-refractivity contribution is -0.131. The fourth-order valence-corrected chi connectivity index (χ4v) is 4.28. The molecule has 0 saturated carbocycles. The molecule has 1 amide bonds. The summed E-state index contributed by atoms with van der Waals surface area (Å²) in [7, 11) is 0. The summed E-state index contributed by atoms with van der Waals surface area (Å²) >= 11 is 1.33. The van der Waals surface area contributed by atoms with E-state index in [0.29, 0.717) is 35.3 Å². The van der Waals surface area contributed by atoms with E-state index in [1.807, 2.05) is 58.0 Å². The van der Waals surface area contributed by atoms with Crippen molar-refractivity contribution in [3.63, 3.8) is 0 Å². The number of hydrogen-bond acceptors (Lipinski definition) is 6. The Morgan fingerprint density at radius 1 is 1.00 bits per heavy atom. The van der Waals surface area contributed by atoms with Crippen LogP contribution in [0.4, 0.5) is 0 Å². The van der Waals surface area contributed by atoms with Crippen LogP contribution in [0.25, 0.3) is 5.82 Å². The predicted octanol–water partition coefficient (Wildman–Crippen LogP) is 3.54. The second-order valence-electron chi connectivity index (χ2n) is 7.13. The number of hydrogen-bond donors (Lipinski definition) is 0. The van der Waals surface area contributed by atoms with E-state index in [1.54, 1.807) is 6.20 Å². The molecule has 1 saturated heterocycles. The molecular formula is C22H23N5O2S. The maximum absolute atomic E-state index is 12.5. The Labute approximate surface area is 179 Å². The number of likely N-dealkylation sites (tertiary alicyclic amines) is 1. The number of nitrogens with zero attached hydrogens (tertiary/aromatic N) is 5. The molecule has 0 N–H and O–H groups in total. The Balaban J connectivity index is 1.58. The third-order valence-electron chi connectivity index (χ3n) is 5.01. The Morgan fingerprint density at radius 3 is 2.63 bits per heavy atom. The van der Waals surface area contributed by atoms with Crippen molar-refractivity contribution in [2.24, 2.45) is 0 Å². The minimum atomic E-state index is 0.0282. The normalized spacial score (nSPS) is 14.5. The molecule has 1 fully saturated rings. The van der Waals surface area contributed by atoms with Gasteiger partial charge in [-0.1, -0.05) is 54.6 Å². The van der Waals surface area contributed by atoms with E-state index >= 15 is 0 Å². The zero-order valence-electron chi connectivity index (χ0n) is 16.6. The summed E-state index contributed by atoms with van der Waals surface area (Å²) in [6.07, 6.45) is 5.28. The van der Waals surface area contributed by atoms with Crippen molar-refractivity contribution >= 4 is 23.5 Å². The van der Waals surface area contributed by atoms with E-state index in [1.165, 1.54) is 11.8 Å². The predicted molar refractivity (Wildman–Crippen MR) is 115 cm³/mol. The first kappa shape index (κ1) is 20.3. The second-order valence-corrected chi connectivity index (χ2v) is 8.07. The van der Waals surface area contributed by atoms with Gasteiger partial charge >= 0.3 is 0 Å². The van der Waals surface area contributed by atoms with Gasteiger partial charge in [0.05, 0.1) is 12.3 Å². The van der Waals surface area contributed by atoms with Crippen LogP contribution in [0.3, 0.4) is 0 Å². The maximum Gasteiger partial charge on any atom is 0.222 e. The molecule has 0 aliphatic carbocycles. The molecule has 154 valence electrons. The lowest BCUT2D eigenvalue weighted by atomic mass is 10.2. The third-order valence-corrected chi connectivity index (χ3v) is 5.94. The number of carbonyl (C=O) groups excluding carboxylic acids is 2. The molecule has 0 spiro atoms. The van der Waals surface area contributed by atoms with E-state index < -0.39 is 0 Å². The molecule has 3 aromatic rings. The van der Waals surface area contributed by atoms with Crippen LogP contribution in [-0.4, -0.2) is 48.6 Å². The Morgan fingerprint density at radius 2 is 1.83 bits per heavy atom. The number of rotatable bonds is 7. The van der Waals surface area contributed by atoms with E-state index in [9.17, 15) is 9.59 Å². The first-order chi connectivity index (χ1) is 14.7. The van der Waals surface area contributed by atoms with Crippen molar-refractivity contribution < 1.29 is 9.59 Å². The fraction of sp³-hybridized carbons (Fsp3) is 0.318. The van der Waals surface area contributed by atoms with Crippen molar-refractivity contribution in [1.29, 1.82) is 0 Å². The highest BCUT2D eigenvalue weighted by atomic mass is 32.2. The van der Waals surface area contributed by atoms with Gasteiger partial charge in [0.2, 0.25) is 5.91 Å². The molecule has 3 heterocycles. The largest absolute Gasteiger partial charge is 0.335 e. The monoisotopic (exact) mass is 421 g/mol. The number of thioether (sulfide) groups is 1. The van der Waals surface area contributed by atoms with Gasteiger partial charge in [-0.15, -0.1) is 10.2 Å². The van der Waals surface area contributed by atoms with Crippen LogP contribution in [0.15, 0.2) is 59.9 Å². The highest BCUT2D eigenvalue weighted by molar-refractivity contribution is 7.99. The summed E-state index contributed by atoms with van der Waals surface area (Å²) in [5.74, 6) is 1.75. The molecule has 1 aliphatic rings. The van der Waals surface area contributed by atoms with Gasteiger partial charge in [-0.05, 0) is 25.0 Å². The molecule has 0 atom stereocenters. The molecular weight excluding hydrogens is 398 g/mol. The first-order valence-electron chi connectivity index (χ1n) is 10.1. The quantitative estimate of drug-likeness (QED) is 0.429. The van der Waals surface area contributed by atoms with Crippen molar-refractivity contribution in [3.8, 4) is 5.82 Å². The van der Waals surface area contributed by atoms with Gasteiger partial charge in [-0.25, -0.2) is 4.98 Å². The summed E-state index contributed by atoms with van der Waals surface area (Å²) in [6.45, 7) is 1.11. The van der Waals surface area contributed by atoms with Crippen LogP contribution in [0.2, 0.25) is 0 Å². The fourth-order valence-electron chi connectivity index (χ4n) is 3.43. The molecule has 2 aromatic heterocycles. The van der Waals surface area contributed by atoms with Gasteiger partial charge in [0.1, 0.15) is 5.82 Å². The first-order valence-corrected chi connectivity index (χ1v) is 11.1. The molecule has 8 heteroatoms. The Bertz CT molecular complexity index is 1010. The second kappa shape index (κ2) is 9.67. The highest BCUT2D eigenvalue weighted by Crippen LogP contribution is 2.23. The summed E-state index contributed by atoms with van der Waals surface area (Å²) in [5.41, 5.74) is 0.671. The van der Waals surface area contributed by atoms with Gasteiger partial charge in [-0.3, -0.25) is 14.2 Å². The number of amides is 1. The van der Waals surface area contributed by atoms with E-state index in [2.05, 4.69) is 15.2 Å². The SMILES string of the molecule is O=C(CSc1nnc(CN2CCCCCC2=O)n1-c1ccccn1)c1ccccc1. The van der Waals surface area contributed by atoms with Crippen LogP contribution in [0.1, 0.15) is 41.9 Å². The van der Waals surface area contributed by atoms with Crippen molar-refractivity contribution in [2.75, 3.05) is 12.3 Å². The van der Waals surface area contributed by atoms with Crippen LogP contribution < -0.4 is 0 Å². The van der Waals surface area contributed by atoms with E-state index in [-0.39, 0.29) is 17.4 Å². The van der Waals surface area contributed by atoms with Gasteiger partial charge in [0, 0.05) is 24.7 Å². The lowest BCUT2D eigenvalue weighted by Gasteiger charge is -2.20. The van der Waals surface area contributed by atoms with Crippen molar-refractivity contribution in [1.82, 2.24) is 24.6 Å². The molecule has 1 aromatic carbocycles. The summed E-state index contributed by atoms with van der Waals surface area (Å²) < 4.78 is 1.85. The summed E-state index contributed by atoms with van der Waals surface area (Å²) in [6, 6.07) is 14.8. The van der Waals surface area contributed by atoms with Crippen LogP contribution in [-0.2, 0) is 11.3 Å². The van der Waals surface area contributed by atoms with Gasteiger partial charge in [-0.2, -0.15) is 0 Å². The highest BCUT2D eigenvalue weighted by Gasteiger charge is 2.22.